The van der Waals surface area contributed by atoms with Crippen molar-refractivity contribution in [3.8, 4) is 0 Å². The van der Waals surface area contributed by atoms with Gasteiger partial charge < -0.3 is 15.5 Å². The molecule has 0 radical (unpaired) electrons. The molecule has 1 aliphatic rings. The number of carbonyl (C=O) groups is 2. The molecule has 128 valence electrons. The van der Waals surface area contributed by atoms with E-state index in [-0.39, 0.29) is 30.8 Å². The normalized spacial score (nSPS) is 16.5. The first-order chi connectivity index (χ1) is 10.6. The molecular weight excluding hydrogens is 314 g/mol. The number of nitrogens with zero attached hydrogens (tertiary/aromatic N) is 1. The van der Waals surface area contributed by atoms with E-state index in [1.54, 1.807) is 7.05 Å². The summed E-state index contributed by atoms with van der Waals surface area (Å²) in [6.45, 7) is 2.68. The van der Waals surface area contributed by atoms with Gasteiger partial charge in [0.2, 0.25) is 11.8 Å². The van der Waals surface area contributed by atoms with Crippen LogP contribution in [-0.2, 0) is 16.1 Å². The molecular formula is C17H26ClN3O2. The molecule has 2 N–H and O–H groups in total. The molecule has 0 spiro atoms. The second kappa shape index (κ2) is 10.2. The van der Waals surface area contributed by atoms with E-state index < -0.39 is 0 Å². The molecule has 5 nitrogen and oxygen atoms in total. The van der Waals surface area contributed by atoms with Gasteiger partial charge in [0.1, 0.15) is 0 Å². The highest BCUT2D eigenvalue weighted by molar-refractivity contribution is 5.85. The zero-order chi connectivity index (χ0) is 15.8. The Bertz CT molecular complexity index is 490. The fourth-order valence-corrected chi connectivity index (χ4v) is 2.64. The summed E-state index contributed by atoms with van der Waals surface area (Å²) in [6.07, 6.45) is 2.57. The molecule has 1 unspecified atom stereocenters. The lowest BCUT2D eigenvalue weighted by molar-refractivity contribution is -0.135. The van der Waals surface area contributed by atoms with Gasteiger partial charge >= 0.3 is 0 Å². The highest BCUT2D eigenvalue weighted by atomic mass is 35.5. The Morgan fingerprint density at radius 3 is 2.70 bits per heavy atom. The number of hydrogen-bond acceptors (Lipinski definition) is 3. The van der Waals surface area contributed by atoms with E-state index in [1.165, 1.54) is 4.90 Å². The predicted molar refractivity (Wildman–Crippen MR) is 93.4 cm³/mol. The van der Waals surface area contributed by atoms with Crippen molar-refractivity contribution in [2.45, 2.75) is 25.8 Å². The van der Waals surface area contributed by atoms with Gasteiger partial charge in [-0.25, -0.2) is 0 Å². The van der Waals surface area contributed by atoms with Gasteiger partial charge in [-0.05, 0) is 37.4 Å². The van der Waals surface area contributed by atoms with Crippen molar-refractivity contribution in [3.05, 3.63) is 35.9 Å². The molecule has 1 heterocycles. The van der Waals surface area contributed by atoms with Crippen LogP contribution in [0, 0.1) is 5.92 Å². The standard InChI is InChI=1S/C17H25N3O2.ClH/c1-20(17(22)8-7-15-9-10-18-11-15)13-16(21)19-12-14-5-3-2-4-6-14;/h2-6,15,18H,7-13H2,1H3,(H,19,21);1H. The molecule has 1 atom stereocenters. The van der Waals surface area contributed by atoms with E-state index >= 15 is 0 Å². The summed E-state index contributed by atoms with van der Waals surface area (Å²) in [4.78, 5) is 25.4. The zero-order valence-electron chi connectivity index (χ0n) is 13.6. The van der Waals surface area contributed by atoms with Crippen LogP contribution in [0.2, 0.25) is 0 Å². The zero-order valence-corrected chi connectivity index (χ0v) is 14.4. The van der Waals surface area contributed by atoms with Crippen LogP contribution in [-0.4, -0.2) is 43.4 Å². The largest absolute Gasteiger partial charge is 0.350 e. The van der Waals surface area contributed by atoms with Crippen LogP contribution in [0.3, 0.4) is 0 Å². The van der Waals surface area contributed by atoms with Crippen molar-refractivity contribution in [1.82, 2.24) is 15.5 Å². The average molecular weight is 340 g/mol. The van der Waals surface area contributed by atoms with Gasteiger partial charge in [0.25, 0.3) is 0 Å². The molecule has 0 aliphatic carbocycles. The summed E-state index contributed by atoms with van der Waals surface area (Å²) in [5, 5.41) is 6.14. The average Bonchev–Trinajstić information content (AvgIpc) is 3.05. The second-order valence-corrected chi connectivity index (χ2v) is 5.91. The lowest BCUT2D eigenvalue weighted by atomic mass is 10.0. The lowest BCUT2D eigenvalue weighted by Gasteiger charge is -2.18. The number of amides is 2. The van der Waals surface area contributed by atoms with Crippen LogP contribution >= 0.6 is 12.4 Å². The highest BCUT2D eigenvalue weighted by Crippen LogP contribution is 2.14. The summed E-state index contributed by atoms with van der Waals surface area (Å²) in [7, 11) is 1.69. The number of benzene rings is 1. The number of carbonyl (C=O) groups excluding carboxylic acids is 2. The number of likely N-dealkylation sites (N-methyl/N-ethyl adjacent to an activating group) is 1. The van der Waals surface area contributed by atoms with Crippen LogP contribution in [0.15, 0.2) is 30.3 Å². The molecule has 0 bridgehead atoms. The van der Waals surface area contributed by atoms with Gasteiger partial charge in [-0.3, -0.25) is 9.59 Å². The molecule has 0 saturated carbocycles. The van der Waals surface area contributed by atoms with Crippen LogP contribution in [0.1, 0.15) is 24.8 Å². The first kappa shape index (κ1) is 19.5. The molecule has 1 fully saturated rings. The number of rotatable bonds is 7. The Morgan fingerprint density at radius 1 is 1.30 bits per heavy atom. The van der Waals surface area contributed by atoms with Crippen molar-refractivity contribution in [1.29, 1.82) is 0 Å². The van der Waals surface area contributed by atoms with E-state index in [4.69, 9.17) is 0 Å². The van der Waals surface area contributed by atoms with Gasteiger partial charge in [-0.2, -0.15) is 0 Å². The van der Waals surface area contributed by atoms with Gasteiger partial charge in [-0.15, -0.1) is 12.4 Å². The van der Waals surface area contributed by atoms with Gasteiger partial charge in [0, 0.05) is 20.0 Å². The number of hydrogen-bond donors (Lipinski definition) is 2. The first-order valence-corrected chi connectivity index (χ1v) is 7.90. The Balaban J connectivity index is 0.00000264. The third kappa shape index (κ3) is 7.01. The molecule has 2 amide bonds. The van der Waals surface area contributed by atoms with E-state index in [2.05, 4.69) is 10.6 Å². The van der Waals surface area contributed by atoms with Crippen LogP contribution in [0.5, 0.6) is 0 Å². The molecule has 2 rings (SSSR count). The van der Waals surface area contributed by atoms with Crippen molar-refractivity contribution < 1.29 is 9.59 Å². The van der Waals surface area contributed by atoms with Crippen molar-refractivity contribution in [2.75, 3.05) is 26.7 Å². The Kier molecular flexibility index (Phi) is 8.66. The molecule has 1 aliphatic heterocycles. The van der Waals surface area contributed by atoms with E-state index in [9.17, 15) is 9.59 Å². The highest BCUT2D eigenvalue weighted by Gasteiger charge is 2.18. The van der Waals surface area contributed by atoms with Crippen LogP contribution < -0.4 is 10.6 Å². The summed E-state index contributed by atoms with van der Waals surface area (Å²) < 4.78 is 0. The quantitative estimate of drug-likeness (QED) is 0.792. The van der Waals surface area contributed by atoms with Crippen LogP contribution in [0.4, 0.5) is 0 Å². The summed E-state index contributed by atoms with van der Waals surface area (Å²) >= 11 is 0. The van der Waals surface area contributed by atoms with Gasteiger partial charge in [-0.1, -0.05) is 30.3 Å². The monoisotopic (exact) mass is 339 g/mol. The first-order valence-electron chi connectivity index (χ1n) is 7.90. The molecule has 1 aromatic carbocycles. The SMILES string of the molecule is CN(CC(=O)NCc1ccccc1)C(=O)CCC1CCNC1.Cl. The van der Waals surface area contributed by atoms with Gasteiger partial charge in [0.15, 0.2) is 0 Å². The fraction of sp³-hybridized carbons (Fsp3) is 0.529. The Morgan fingerprint density at radius 2 is 2.04 bits per heavy atom. The maximum Gasteiger partial charge on any atom is 0.239 e. The predicted octanol–water partition coefficient (Wildman–Crippen LogP) is 1.57. The molecule has 23 heavy (non-hydrogen) atoms. The maximum absolute atomic E-state index is 12.0. The minimum absolute atomic E-state index is 0. The molecule has 0 aromatic heterocycles. The third-order valence-corrected chi connectivity index (χ3v) is 4.07. The molecule has 6 heteroatoms. The van der Waals surface area contributed by atoms with Gasteiger partial charge in [0.05, 0.1) is 6.54 Å². The topological polar surface area (TPSA) is 61.4 Å². The van der Waals surface area contributed by atoms with E-state index in [0.717, 1.165) is 31.5 Å². The summed E-state index contributed by atoms with van der Waals surface area (Å²) in [6, 6.07) is 9.75. The third-order valence-electron chi connectivity index (χ3n) is 4.07. The van der Waals surface area contributed by atoms with E-state index in [1.807, 2.05) is 30.3 Å². The maximum atomic E-state index is 12.0. The smallest absolute Gasteiger partial charge is 0.239 e. The Hall–Kier alpha value is -1.59. The minimum atomic E-state index is -0.123. The van der Waals surface area contributed by atoms with Crippen molar-refractivity contribution >= 4 is 24.2 Å². The fourth-order valence-electron chi connectivity index (χ4n) is 2.64. The van der Waals surface area contributed by atoms with Crippen molar-refractivity contribution in [2.24, 2.45) is 5.92 Å². The number of nitrogens with one attached hydrogen (secondary N) is 2. The van der Waals surface area contributed by atoms with E-state index in [0.29, 0.717) is 18.9 Å². The minimum Gasteiger partial charge on any atom is -0.350 e. The summed E-state index contributed by atoms with van der Waals surface area (Å²) in [5.74, 6) is 0.522. The van der Waals surface area contributed by atoms with Crippen LogP contribution in [0.25, 0.3) is 0 Å². The summed E-state index contributed by atoms with van der Waals surface area (Å²) in [5.41, 5.74) is 1.05. The second-order valence-electron chi connectivity index (χ2n) is 5.91. The Labute approximate surface area is 144 Å². The lowest BCUT2D eigenvalue weighted by Crippen LogP contribution is -2.38. The molecule has 1 saturated heterocycles. The number of halogens is 1. The van der Waals surface area contributed by atoms with Crippen molar-refractivity contribution in [3.63, 3.8) is 0 Å². The molecule has 1 aromatic rings.